The van der Waals surface area contributed by atoms with Crippen molar-refractivity contribution >= 4 is 0 Å². The Morgan fingerprint density at radius 3 is 2.28 bits per heavy atom. The number of hydrogen-bond acceptors (Lipinski definition) is 4. The number of hydrogen-bond donors (Lipinski definition) is 0. The molecule has 0 aromatic carbocycles. The van der Waals surface area contributed by atoms with E-state index in [4.69, 9.17) is 9.47 Å². The molecule has 2 saturated heterocycles. The Bertz CT molecular complexity index is 434. The fourth-order valence-corrected chi connectivity index (χ4v) is 5.52. The van der Waals surface area contributed by atoms with Gasteiger partial charge in [-0.1, -0.05) is 26.7 Å². The molecule has 0 amide bonds. The van der Waals surface area contributed by atoms with Crippen LogP contribution < -0.4 is 0 Å². The summed E-state index contributed by atoms with van der Waals surface area (Å²) in [5.74, 6) is 1.81. The highest BCUT2D eigenvalue weighted by Crippen LogP contribution is 2.38. The molecule has 0 N–H and O–H groups in total. The maximum Gasteiger partial charge on any atom is 0.0628 e. The summed E-state index contributed by atoms with van der Waals surface area (Å²) in [5.41, 5.74) is 0. The van der Waals surface area contributed by atoms with E-state index in [1.165, 1.54) is 64.6 Å². The van der Waals surface area contributed by atoms with Gasteiger partial charge in [0.25, 0.3) is 0 Å². The lowest BCUT2D eigenvalue weighted by Gasteiger charge is -2.53. The second-order valence-corrected chi connectivity index (χ2v) is 9.07. The van der Waals surface area contributed by atoms with E-state index in [-0.39, 0.29) is 0 Å². The normalized spacial score (nSPS) is 42.8. The number of nitrogens with zero attached hydrogens (tertiary/aromatic N) is 2. The predicted molar refractivity (Wildman–Crippen MR) is 101 cm³/mol. The third-order valence-corrected chi connectivity index (χ3v) is 7.75. The van der Waals surface area contributed by atoms with Gasteiger partial charge in [-0.05, 0) is 43.9 Å². The van der Waals surface area contributed by atoms with Crippen LogP contribution in [0.3, 0.4) is 0 Å². The molecule has 144 valence electrons. The topological polar surface area (TPSA) is 24.9 Å². The van der Waals surface area contributed by atoms with Crippen LogP contribution in [-0.2, 0) is 9.47 Å². The fourth-order valence-electron chi connectivity index (χ4n) is 5.52. The Kier molecular flexibility index (Phi) is 5.71. The van der Waals surface area contributed by atoms with Crippen molar-refractivity contribution in [3.63, 3.8) is 0 Å². The second-order valence-electron chi connectivity index (χ2n) is 9.07. The molecule has 4 fully saturated rings. The minimum absolute atomic E-state index is 0.489. The zero-order valence-electron chi connectivity index (χ0n) is 16.5. The van der Waals surface area contributed by atoms with Crippen LogP contribution in [0.1, 0.15) is 58.8 Å². The Morgan fingerprint density at radius 1 is 0.880 bits per heavy atom. The minimum Gasteiger partial charge on any atom is -0.381 e. The van der Waals surface area contributed by atoms with E-state index in [1.807, 2.05) is 7.11 Å². The van der Waals surface area contributed by atoms with Gasteiger partial charge in [0.15, 0.2) is 0 Å². The van der Waals surface area contributed by atoms with Gasteiger partial charge in [0.1, 0.15) is 0 Å². The predicted octanol–water partition coefficient (Wildman–Crippen LogP) is 3.15. The van der Waals surface area contributed by atoms with Crippen LogP contribution in [-0.4, -0.2) is 73.5 Å². The van der Waals surface area contributed by atoms with E-state index in [9.17, 15) is 0 Å². The molecule has 0 aromatic heterocycles. The highest BCUT2D eigenvalue weighted by atomic mass is 16.5. The van der Waals surface area contributed by atoms with Crippen molar-refractivity contribution in [2.75, 3.05) is 33.4 Å². The maximum atomic E-state index is 6.36. The molecular weight excluding hydrogens is 312 g/mol. The lowest BCUT2D eigenvalue weighted by Crippen LogP contribution is -2.62. The summed E-state index contributed by atoms with van der Waals surface area (Å²) >= 11 is 0. The van der Waals surface area contributed by atoms with Gasteiger partial charge >= 0.3 is 0 Å². The van der Waals surface area contributed by atoms with Crippen molar-refractivity contribution in [2.24, 2.45) is 11.8 Å². The molecule has 4 rings (SSSR count). The lowest BCUT2D eigenvalue weighted by atomic mass is 9.82. The average molecular weight is 351 g/mol. The lowest BCUT2D eigenvalue weighted by molar-refractivity contribution is -0.125. The molecule has 4 heteroatoms. The van der Waals surface area contributed by atoms with Crippen molar-refractivity contribution < 1.29 is 9.47 Å². The van der Waals surface area contributed by atoms with Crippen LogP contribution in [0.25, 0.3) is 0 Å². The average Bonchev–Trinajstić information content (AvgIpc) is 2.98. The van der Waals surface area contributed by atoms with Gasteiger partial charge in [0.05, 0.1) is 18.8 Å². The standard InChI is InChI=1S/C21H38N2O2/c1-4-15-11-22(12-15)18-9-20(10-18)25-14-21-16(5-2)13-23(21)17-6-7-19(8-17)24-3/h15-21H,4-14H2,1-3H3. The Balaban J connectivity index is 1.18. The van der Waals surface area contributed by atoms with E-state index in [0.717, 1.165) is 30.5 Å². The quantitative estimate of drug-likeness (QED) is 0.671. The summed E-state index contributed by atoms with van der Waals surface area (Å²) in [4.78, 5) is 5.42. The van der Waals surface area contributed by atoms with Crippen LogP contribution in [0.2, 0.25) is 0 Å². The zero-order chi connectivity index (χ0) is 17.4. The number of rotatable bonds is 8. The summed E-state index contributed by atoms with van der Waals surface area (Å²) in [6, 6.07) is 2.23. The molecule has 2 aliphatic heterocycles. The molecule has 4 unspecified atom stereocenters. The zero-order valence-corrected chi connectivity index (χ0v) is 16.5. The summed E-state index contributed by atoms with van der Waals surface area (Å²) in [6.07, 6.45) is 9.98. The largest absolute Gasteiger partial charge is 0.381 e. The first-order valence-electron chi connectivity index (χ1n) is 10.9. The van der Waals surface area contributed by atoms with Crippen molar-refractivity contribution in [2.45, 2.75) is 89.1 Å². The summed E-state index contributed by atoms with van der Waals surface area (Å²) in [5, 5.41) is 0. The van der Waals surface area contributed by atoms with Crippen molar-refractivity contribution in [1.82, 2.24) is 9.80 Å². The first-order chi connectivity index (χ1) is 12.2. The van der Waals surface area contributed by atoms with E-state index < -0.39 is 0 Å². The molecule has 4 aliphatic rings. The van der Waals surface area contributed by atoms with Gasteiger partial charge < -0.3 is 9.47 Å². The van der Waals surface area contributed by atoms with Gasteiger partial charge in [-0.15, -0.1) is 0 Å². The molecule has 2 aliphatic carbocycles. The number of likely N-dealkylation sites (tertiary alicyclic amines) is 2. The minimum atomic E-state index is 0.489. The van der Waals surface area contributed by atoms with E-state index >= 15 is 0 Å². The molecule has 0 spiro atoms. The molecule has 25 heavy (non-hydrogen) atoms. The highest BCUT2D eigenvalue weighted by Gasteiger charge is 2.45. The van der Waals surface area contributed by atoms with Gasteiger partial charge in [0, 0.05) is 44.9 Å². The number of methoxy groups -OCH3 is 1. The Morgan fingerprint density at radius 2 is 1.64 bits per heavy atom. The van der Waals surface area contributed by atoms with Gasteiger partial charge in [-0.3, -0.25) is 9.80 Å². The molecule has 0 aromatic rings. The fraction of sp³-hybridized carbons (Fsp3) is 1.00. The van der Waals surface area contributed by atoms with Gasteiger partial charge in [-0.25, -0.2) is 0 Å². The van der Waals surface area contributed by atoms with Gasteiger partial charge in [0.2, 0.25) is 0 Å². The molecule has 0 radical (unpaired) electrons. The molecular formula is C21H38N2O2. The smallest absolute Gasteiger partial charge is 0.0628 e. The van der Waals surface area contributed by atoms with Crippen LogP contribution in [0, 0.1) is 11.8 Å². The van der Waals surface area contributed by atoms with E-state index in [0.29, 0.717) is 18.2 Å². The number of ether oxygens (including phenoxy) is 2. The Labute approximate surface area is 154 Å². The monoisotopic (exact) mass is 350 g/mol. The maximum absolute atomic E-state index is 6.36. The van der Waals surface area contributed by atoms with Crippen LogP contribution in [0.5, 0.6) is 0 Å². The van der Waals surface area contributed by atoms with Crippen molar-refractivity contribution in [1.29, 1.82) is 0 Å². The molecule has 0 bridgehead atoms. The molecule has 2 heterocycles. The van der Waals surface area contributed by atoms with Crippen molar-refractivity contribution in [3.05, 3.63) is 0 Å². The summed E-state index contributed by atoms with van der Waals surface area (Å²) in [7, 11) is 1.87. The summed E-state index contributed by atoms with van der Waals surface area (Å²) < 4.78 is 11.9. The van der Waals surface area contributed by atoms with E-state index in [2.05, 4.69) is 23.6 Å². The van der Waals surface area contributed by atoms with Crippen LogP contribution in [0.4, 0.5) is 0 Å². The SMILES string of the molecule is CCC1CN(C2CC(OCC3C(CC)CN3C3CCC(OC)C3)C2)C1. The second kappa shape index (κ2) is 7.84. The highest BCUT2D eigenvalue weighted by molar-refractivity contribution is 4.99. The first kappa shape index (κ1) is 18.2. The van der Waals surface area contributed by atoms with Gasteiger partial charge in [-0.2, -0.15) is 0 Å². The van der Waals surface area contributed by atoms with Crippen LogP contribution >= 0.6 is 0 Å². The van der Waals surface area contributed by atoms with Crippen molar-refractivity contribution in [3.8, 4) is 0 Å². The summed E-state index contributed by atoms with van der Waals surface area (Å²) in [6.45, 7) is 9.58. The third kappa shape index (κ3) is 3.65. The first-order valence-corrected chi connectivity index (χ1v) is 10.9. The van der Waals surface area contributed by atoms with Crippen LogP contribution in [0.15, 0.2) is 0 Å². The van der Waals surface area contributed by atoms with E-state index in [1.54, 1.807) is 0 Å². The third-order valence-electron chi connectivity index (χ3n) is 7.75. The molecule has 2 saturated carbocycles. The molecule has 4 nitrogen and oxygen atoms in total. The molecule has 4 atom stereocenters. The Hall–Kier alpha value is -0.160.